The van der Waals surface area contributed by atoms with E-state index in [4.69, 9.17) is 9.47 Å². The first kappa shape index (κ1) is 28.2. The number of carbonyl (C=O) groups is 3. The molecule has 1 fully saturated rings. The predicted octanol–water partition coefficient (Wildman–Crippen LogP) is 2.30. The summed E-state index contributed by atoms with van der Waals surface area (Å²) in [5.41, 5.74) is 1.11. The van der Waals surface area contributed by atoms with Crippen molar-refractivity contribution in [2.24, 2.45) is 0 Å². The zero-order valence-corrected chi connectivity index (χ0v) is 23.2. The number of sulfonamides is 1. The molecule has 12 heteroatoms. The standard InChI is InChI=1S/C29H30N4O7S/c1-39-22-7-4-6-20(16-22)18-32(26(34)19-33-29(36)24-9-2-3-10-25(24)41(33,37)38)27(21-11-13-30-14-12-21)28(35)31-17-23-8-5-15-40-23/h2-4,6-7,9-14,16,23,27H,5,8,15,17-19H2,1H3,(H,31,35)/t23-,27-/m0/s1. The van der Waals surface area contributed by atoms with Crippen molar-refractivity contribution in [3.63, 3.8) is 0 Å². The molecule has 5 rings (SSSR count). The van der Waals surface area contributed by atoms with Crippen LogP contribution in [-0.4, -0.2) is 73.2 Å². The highest BCUT2D eigenvalue weighted by Gasteiger charge is 2.43. The SMILES string of the molecule is COc1cccc(CN(C(=O)CN2C(=O)c3ccccc3S2(=O)=O)[C@H](C(=O)NC[C@@H]2CCCO2)c2ccncc2)c1. The summed E-state index contributed by atoms with van der Waals surface area (Å²) in [5.74, 6) is -1.45. The van der Waals surface area contributed by atoms with Crippen LogP contribution in [0, 0.1) is 0 Å². The van der Waals surface area contributed by atoms with Crippen LogP contribution in [0.25, 0.3) is 0 Å². The predicted molar refractivity (Wildman–Crippen MR) is 147 cm³/mol. The molecule has 0 saturated carbocycles. The second kappa shape index (κ2) is 12.1. The molecule has 0 bridgehead atoms. The van der Waals surface area contributed by atoms with E-state index in [0.29, 0.717) is 27.8 Å². The van der Waals surface area contributed by atoms with Crippen molar-refractivity contribution in [2.45, 2.75) is 36.4 Å². The highest BCUT2D eigenvalue weighted by Crippen LogP contribution is 2.31. The molecule has 0 spiro atoms. The molecule has 2 atom stereocenters. The number of hydrogen-bond donors (Lipinski definition) is 1. The Morgan fingerprint density at radius 1 is 1.15 bits per heavy atom. The van der Waals surface area contributed by atoms with Crippen LogP contribution in [0.15, 0.2) is 78.0 Å². The fourth-order valence-corrected chi connectivity index (χ4v) is 6.55. The van der Waals surface area contributed by atoms with E-state index in [1.807, 2.05) is 0 Å². The van der Waals surface area contributed by atoms with Crippen molar-refractivity contribution >= 4 is 27.7 Å². The molecule has 3 amide bonds. The van der Waals surface area contributed by atoms with Crippen LogP contribution in [0.4, 0.5) is 0 Å². The Bertz CT molecular complexity index is 1540. The summed E-state index contributed by atoms with van der Waals surface area (Å²) in [6.07, 6.45) is 4.59. The Kier molecular flexibility index (Phi) is 8.31. The third kappa shape index (κ3) is 5.93. The number of aromatic nitrogens is 1. The van der Waals surface area contributed by atoms with Gasteiger partial charge in [-0.3, -0.25) is 19.4 Å². The van der Waals surface area contributed by atoms with Gasteiger partial charge in [-0.05, 0) is 60.4 Å². The minimum atomic E-state index is -4.25. The first-order valence-electron chi connectivity index (χ1n) is 13.2. The molecule has 1 saturated heterocycles. The minimum absolute atomic E-state index is 0.000337. The van der Waals surface area contributed by atoms with E-state index in [0.717, 1.165) is 12.8 Å². The summed E-state index contributed by atoms with van der Waals surface area (Å²) < 4.78 is 38.0. The molecule has 2 aliphatic heterocycles. The van der Waals surface area contributed by atoms with Gasteiger partial charge in [0.05, 0.1) is 18.8 Å². The van der Waals surface area contributed by atoms with Gasteiger partial charge in [0.2, 0.25) is 11.8 Å². The van der Waals surface area contributed by atoms with E-state index in [2.05, 4.69) is 10.3 Å². The molecule has 3 heterocycles. The molecule has 2 aromatic carbocycles. The summed E-state index contributed by atoms with van der Waals surface area (Å²) >= 11 is 0. The maximum Gasteiger partial charge on any atom is 0.269 e. The van der Waals surface area contributed by atoms with Gasteiger partial charge in [0, 0.05) is 32.1 Å². The largest absolute Gasteiger partial charge is 0.497 e. The number of amides is 3. The number of pyridine rings is 1. The number of nitrogens with zero attached hydrogens (tertiary/aromatic N) is 3. The average Bonchev–Trinajstić information content (AvgIpc) is 3.58. The average molecular weight is 579 g/mol. The van der Waals surface area contributed by atoms with Crippen LogP contribution in [0.2, 0.25) is 0 Å². The zero-order chi connectivity index (χ0) is 29.0. The number of ether oxygens (including phenoxy) is 2. The van der Waals surface area contributed by atoms with Crippen LogP contribution in [0.3, 0.4) is 0 Å². The lowest BCUT2D eigenvalue weighted by Crippen LogP contribution is -2.48. The fraction of sp³-hybridized carbons (Fsp3) is 0.310. The Labute approximate surface area is 238 Å². The van der Waals surface area contributed by atoms with Gasteiger partial charge in [-0.2, -0.15) is 0 Å². The third-order valence-electron chi connectivity index (χ3n) is 7.11. The van der Waals surface area contributed by atoms with E-state index >= 15 is 0 Å². The van der Waals surface area contributed by atoms with Crippen molar-refractivity contribution in [1.82, 2.24) is 19.5 Å². The quantitative estimate of drug-likeness (QED) is 0.387. The number of methoxy groups -OCH3 is 1. The van der Waals surface area contributed by atoms with Crippen LogP contribution in [0.5, 0.6) is 5.75 Å². The first-order valence-corrected chi connectivity index (χ1v) is 14.6. The number of benzene rings is 2. The number of rotatable bonds is 10. The van der Waals surface area contributed by atoms with Crippen molar-refractivity contribution in [3.8, 4) is 5.75 Å². The molecular weight excluding hydrogens is 548 g/mol. The van der Waals surface area contributed by atoms with Gasteiger partial charge in [0.15, 0.2) is 0 Å². The molecule has 0 radical (unpaired) electrons. The highest BCUT2D eigenvalue weighted by molar-refractivity contribution is 7.90. The minimum Gasteiger partial charge on any atom is -0.497 e. The summed E-state index contributed by atoms with van der Waals surface area (Å²) in [7, 11) is -2.73. The monoisotopic (exact) mass is 578 g/mol. The first-order chi connectivity index (χ1) is 19.8. The molecule has 3 aromatic rings. The van der Waals surface area contributed by atoms with Crippen molar-refractivity contribution in [3.05, 3.63) is 89.7 Å². The smallest absolute Gasteiger partial charge is 0.269 e. The van der Waals surface area contributed by atoms with Crippen LogP contribution in [-0.2, 0) is 30.9 Å². The molecular formula is C29H30N4O7S. The maximum absolute atomic E-state index is 14.0. The molecule has 11 nitrogen and oxygen atoms in total. The molecule has 0 unspecified atom stereocenters. The van der Waals surface area contributed by atoms with Crippen molar-refractivity contribution < 1.29 is 32.3 Å². The van der Waals surface area contributed by atoms with Gasteiger partial charge >= 0.3 is 0 Å². The number of carbonyl (C=O) groups excluding carboxylic acids is 3. The van der Waals surface area contributed by atoms with E-state index in [-0.39, 0.29) is 29.7 Å². The van der Waals surface area contributed by atoms with Gasteiger partial charge < -0.3 is 19.7 Å². The van der Waals surface area contributed by atoms with E-state index in [9.17, 15) is 22.8 Å². The van der Waals surface area contributed by atoms with Crippen LogP contribution >= 0.6 is 0 Å². The summed E-state index contributed by atoms with van der Waals surface area (Å²) in [6.45, 7) is 0.0389. The van der Waals surface area contributed by atoms with Gasteiger partial charge in [0.25, 0.3) is 15.9 Å². The number of nitrogens with one attached hydrogen (secondary N) is 1. The van der Waals surface area contributed by atoms with Gasteiger partial charge in [-0.1, -0.05) is 24.3 Å². The van der Waals surface area contributed by atoms with E-state index < -0.39 is 40.3 Å². The molecule has 1 N–H and O–H groups in total. The van der Waals surface area contributed by atoms with Crippen LogP contribution in [0.1, 0.15) is 40.4 Å². The number of fused-ring (bicyclic) bond motifs is 1. The lowest BCUT2D eigenvalue weighted by molar-refractivity contribution is -0.141. The number of hydrogen-bond acceptors (Lipinski definition) is 8. The summed E-state index contributed by atoms with van der Waals surface area (Å²) in [5, 5.41) is 2.90. The zero-order valence-electron chi connectivity index (χ0n) is 22.4. The second-order valence-corrected chi connectivity index (χ2v) is 11.6. The fourth-order valence-electron chi connectivity index (χ4n) is 5.03. The second-order valence-electron chi connectivity index (χ2n) is 9.75. The summed E-state index contributed by atoms with van der Waals surface area (Å²) in [6, 6.07) is 14.9. The lowest BCUT2D eigenvalue weighted by Gasteiger charge is -2.33. The molecule has 214 valence electrons. The summed E-state index contributed by atoms with van der Waals surface area (Å²) in [4.78, 5) is 46.1. The topological polar surface area (TPSA) is 135 Å². The Balaban J connectivity index is 1.50. The Hall–Kier alpha value is -4.29. The molecule has 1 aromatic heterocycles. The lowest BCUT2D eigenvalue weighted by atomic mass is 10.0. The third-order valence-corrected chi connectivity index (χ3v) is 8.90. The van der Waals surface area contributed by atoms with Gasteiger partial charge in [-0.25, -0.2) is 12.7 Å². The van der Waals surface area contributed by atoms with Gasteiger partial charge in [-0.15, -0.1) is 0 Å². The van der Waals surface area contributed by atoms with Crippen molar-refractivity contribution in [1.29, 1.82) is 0 Å². The molecule has 2 aliphatic rings. The van der Waals surface area contributed by atoms with Crippen molar-refractivity contribution in [2.75, 3.05) is 26.8 Å². The van der Waals surface area contributed by atoms with Gasteiger partial charge in [0.1, 0.15) is 23.2 Å². The Morgan fingerprint density at radius 3 is 2.63 bits per heavy atom. The normalized spacial score (nSPS) is 18.0. The Morgan fingerprint density at radius 2 is 1.93 bits per heavy atom. The maximum atomic E-state index is 14.0. The molecule has 41 heavy (non-hydrogen) atoms. The highest BCUT2D eigenvalue weighted by atomic mass is 32.2. The van der Waals surface area contributed by atoms with Crippen LogP contribution < -0.4 is 10.1 Å². The van der Waals surface area contributed by atoms with E-state index in [1.165, 1.54) is 42.6 Å². The van der Waals surface area contributed by atoms with E-state index in [1.54, 1.807) is 42.5 Å². The molecule has 0 aliphatic carbocycles.